The molecule has 0 aromatic heterocycles. The minimum atomic E-state index is 0. The van der Waals surface area contributed by atoms with Gasteiger partial charge in [-0.25, -0.2) is 0 Å². The summed E-state index contributed by atoms with van der Waals surface area (Å²) in [5.74, 6) is 0. The Hall–Kier alpha value is -0.560. The highest BCUT2D eigenvalue weighted by molar-refractivity contribution is 4.91. The van der Waals surface area contributed by atoms with E-state index in [2.05, 4.69) is 19.6 Å². The zero-order chi connectivity index (χ0) is 11.9. The van der Waals surface area contributed by atoms with Crippen LogP contribution in [0.2, 0.25) is 0 Å². The van der Waals surface area contributed by atoms with Gasteiger partial charge in [0.05, 0.1) is 0 Å². The summed E-state index contributed by atoms with van der Waals surface area (Å²) in [6.07, 6.45) is 11.6. The van der Waals surface area contributed by atoms with Crippen LogP contribution in [0.15, 0.2) is 24.3 Å². The number of hydrogen-bond acceptors (Lipinski definition) is 1. The van der Waals surface area contributed by atoms with E-state index in [0.29, 0.717) is 6.54 Å². The standard InChI is InChI=1S/C12H23N.C2H6.CH4/c1-3-12(2)10-8-6-4-5-7-9-11-13;1-2;/h7,9H,2-6,8,10-11,13H2,1H3;1-2H3;1H4/b9-7-;;. The third-order valence-electron chi connectivity index (χ3n) is 2.20. The molecule has 1 heteroatoms. The lowest BCUT2D eigenvalue weighted by atomic mass is 10.1. The lowest BCUT2D eigenvalue weighted by Gasteiger charge is -2.00. The highest BCUT2D eigenvalue weighted by Crippen LogP contribution is 2.10. The van der Waals surface area contributed by atoms with Gasteiger partial charge in [0.1, 0.15) is 0 Å². The van der Waals surface area contributed by atoms with Crippen molar-refractivity contribution in [3.05, 3.63) is 24.3 Å². The largest absolute Gasteiger partial charge is 0.327 e. The fourth-order valence-corrected chi connectivity index (χ4v) is 1.20. The summed E-state index contributed by atoms with van der Waals surface area (Å²) in [6, 6.07) is 0. The maximum absolute atomic E-state index is 5.33. The average molecular weight is 227 g/mol. The second-order valence-electron chi connectivity index (χ2n) is 3.41. The lowest BCUT2D eigenvalue weighted by Crippen LogP contribution is -1.91. The highest BCUT2D eigenvalue weighted by atomic mass is 14.5. The number of hydrogen-bond donors (Lipinski definition) is 1. The molecule has 0 atom stereocenters. The summed E-state index contributed by atoms with van der Waals surface area (Å²) < 4.78 is 0. The van der Waals surface area contributed by atoms with E-state index in [1.165, 1.54) is 37.7 Å². The van der Waals surface area contributed by atoms with E-state index < -0.39 is 0 Å². The fourth-order valence-electron chi connectivity index (χ4n) is 1.20. The van der Waals surface area contributed by atoms with Crippen LogP contribution >= 0.6 is 0 Å². The second kappa shape index (κ2) is 19.9. The topological polar surface area (TPSA) is 26.0 Å². The predicted molar refractivity (Wildman–Crippen MR) is 78.8 cm³/mol. The monoisotopic (exact) mass is 227 g/mol. The molecule has 0 aromatic rings. The van der Waals surface area contributed by atoms with Gasteiger partial charge in [-0.05, 0) is 32.1 Å². The van der Waals surface area contributed by atoms with Crippen molar-refractivity contribution < 1.29 is 0 Å². The lowest BCUT2D eigenvalue weighted by molar-refractivity contribution is 0.676. The molecule has 0 radical (unpaired) electrons. The zero-order valence-electron chi connectivity index (χ0n) is 10.9. The average Bonchev–Trinajstić information content (AvgIpc) is 2.30. The van der Waals surface area contributed by atoms with Gasteiger partial charge in [0.25, 0.3) is 0 Å². The first-order valence-corrected chi connectivity index (χ1v) is 6.33. The van der Waals surface area contributed by atoms with Gasteiger partial charge in [0, 0.05) is 6.54 Å². The summed E-state index contributed by atoms with van der Waals surface area (Å²) in [5.41, 5.74) is 6.72. The van der Waals surface area contributed by atoms with Crippen molar-refractivity contribution in [1.29, 1.82) is 0 Å². The third-order valence-corrected chi connectivity index (χ3v) is 2.20. The minimum absolute atomic E-state index is 0. The van der Waals surface area contributed by atoms with Crippen LogP contribution in [0.5, 0.6) is 0 Å². The Balaban J connectivity index is -0.000000529. The molecule has 0 spiro atoms. The molecular weight excluding hydrogens is 194 g/mol. The van der Waals surface area contributed by atoms with E-state index in [-0.39, 0.29) is 7.43 Å². The molecule has 0 saturated heterocycles. The van der Waals surface area contributed by atoms with E-state index in [9.17, 15) is 0 Å². The van der Waals surface area contributed by atoms with Crippen molar-refractivity contribution in [2.24, 2.45) is 5.73 Å². The molecule has 0 rings (SSSR count). The Morgan fingerprint density at radius 3 is 2.25 bits per heavy atom. The van der Waals surface area contributed by atoms with Gasteiger partial charge in [-0.1, -0.05) is 58.9 Å². The Morgan fingerprint density at radius 2 is 1.75 bits per heavy atom. The first-order valence-electron chi connectivity index (χ1n) is 6.33. The van der Waals surface area contributed by atoms with Crippen LogP contribution in [-0.2, 0) is 0 Å². The van der Waals surface area contributed by atoms with E-state index in [1.807, 2.05) is 19.9 Å². The Bertz CT molecular complexity index is 148. The van der Waals surface area contributed by atoms with Crippen LogP contribution in [0.3, 0.4) is 0 Å². The van der Waals surface area contributed by atoms with Crippen molar-refractivity contribution in [1.82, 2.24) is 0 Å². The first-order chi connectivity index (χ1) is 7.31. The van der Waals surface area contributed by atoms with Gasteiger partial charge in [-0.2, -0.15) is 0 Å². The van der Waals surface area contributed by atoms with Gasteiger partial charge in [0.15, 0.2) is 0 Å². The van der Waals surface area contributed by atoms with Gasteiger partial charge in [0.2, 0.25) is 0 Å². The van der Waals surface area contributed by atoms with Crippen LogP contribution in [0.25, 0.3) is 0 Å². The van der Waals surface area contributed by atoms with Gasteiger partial charge in [-0.15, -0.1) is 0 Å². The van der Waals surface area contributed by atoms with Crippen LogP contribution in [0, 0.1) is 0 Å². The minimum Gasteiger partial charge on any atom is -0.327 e. The highest BCUT2D eigenvalue weighted by Gasteiger charge is 1.91. The van der Waals surface area contributed by atoms with Crippen molar-refractivity contribution in [3.8, 4) is 0 Å². The molecule has 0 aliphatic heterocycles. The van der Waals surface area contributed by atoms with Crippen molar-refractivity contribution >= 4 is 0 Å². The molecule has 98 valence electrons. The van der Waals surface area contributed by atoms with Gasteiger partial charge in [-0.3, -0.25) is 0 Å². The maximum Gasteiger partial charge on any atom is 0.0106 e. The molecule has 0 aliphatic carbocycles. The molecule has 2 N–H and O–H groups in total. The Kier molecular flexibility index (Phi) is 25.9. The van der Waals surface area contributed by atoms with Crippen molar-refractivity contribution in [3.63, 3.8) is 0 Å². The summed E-state index contributed by atoms with van der Waals surface area (Å²) >= 11 is 0. The van der Waals surface area contributed by atoms with Crippen LogP contribution in [-0.4, -0.2) is 6.54 Å². The molecule has 0 fully saturated rings. The predicted octanol–water partition coefficient (Wildman–Crippen LogP) is 5.08. The smallest absolute Gasteiger partial charge is 0.0106 e. The Labute approximate surface area is 104 Å². The molecule has 16 heavy (non-hydrogen) atoms. The second-order valence-corrected chi connectivity index (χ2v) is 3.41. The van der Waals surface area contributed by atoms with Gasteiger partial charge >= 0.3 is 0 Å². The third kappa shape index (κ3) is 19.1. The molecule has 1 nitrogen and oxygen atoms in total. The molecule has 0 saturated carbocycles. The summed E-state index contributed by atoms with van der Waals surface area (Å²) in [6.45, 7) is 10.8. The Morgan fingerprint density at radius 1 is 1.12 bits per heavy atom. The van der Waals surface area contributed by atoms with E-state index in [0.717, 1.165) is 6.42 Å². The SMILES string of the molecule is C.C=C(CC)CCCCC/C=C\CN.CC. The van der Waals surface area contributed by atoms with E-state index in [1.54, 1.807) is 0 Å². The van der Waals surface area contributed by atoms with Crippen molar-refractivity contribution in [2.45, 2.75) is 66.7 Å². The summed E-state index contributed by atoms with van der Waals surface area (Å²) in [7, 11) is 0. The van der Waals surface area contributed by atoms with E-state index >= 15 is 0 Å². The zero-order valence-corrected chi connectivity index (χ0v) is 10.9. The fraction of sp³-hybridized carbons (Fsp3) is 0.733. The molecule has 0 unspecified atom stereocenters. The van der Waals surface area contributed by atoms with Crippen molar-refractivity contribution in [2.75, 3.05) is 6.54 Å². The van der Waals surface area contributed by atoms with Crippen LogP contribution < -0.4 is 5.73 Å². The number of nitrogens with two attached hydrogens (primary N) is 1. The molecule has 0 amide bonds. The van der Waals surface area contributed by atoms with E-state index in [4.69, 9.17) is 5.73 Å². The maximum atomic E-state index is 5.33. The summed E-state index contributed by atoms with van der Waals surface area (Å²) in [4.78, 5) is 0. The normalized spacial score (nSPS) is 9.25. The molecule has 0 aromatic carbocycles. The number of allylic oxidation sites excluding steroid dienone is 2. The molecular formula is C15H33N. The number of unbranched alkanes of at least 4 members (excludes halogenated alkanes) is 3. The quantitative estimate of drug-likeness (QED) is 0.454. The summed E-state index contributed by atoms with van der Waals surface area (Å²) in [5, 5.41) is 0. The molecule has 0 bridgehead atoms. The van der Waals surface area contributed by atoms with Crippen LogP contribution in [0.1, 0.15) is 66.7 Å². The molecule has 0 heterocycles. The van der Waals surface area contributed by atoms with Crippen LogP contribution in [0.4, 0.5) is 0 Å². The van der Waals surface area contributed by atoms with Gasteiger partial charge < -0.3 is 5.73 Å². The first kappa shape index (κ1) is 20.8. The number of rotatable bonds is 8. The molecule has 0 aliphatic rings.